The standard InChI is InChI=1S/C30H33NO6/c1-4-7-26(30(33)34)31-29(32)24-12-10-22(15-25(24)23-9-6-5-8-19(23)2)17-35-20(3)14-21-11-13-27-28(16-21)37-18-36-27/h5-6,8-13,15-16,20,26H,4,7,14,17-18H2,1-3H3,(H,31,32)(H,33,34)/t20-,26+/m1/s1. The van der Waals surface area contributed by atoms with E-state index in [9.17, 15) is 14.7 Å². The predicted octanol–water partition coefficient (Wildman–Crippen LogP) is 5.52. The molecule has 1 amide bonds. The molecule has 1 aliphatic rings. The van der Waals surface area contributed by atoms with Crippen molar-refractivity contribution in [2.75, 3.05) is 6.79 Å². The fraction of sp³-hybridized carbons (Fsp3) is 0.333. The van der Waals surface area contributed by atoms with Crippen molar-refractivity contribution in [3.05, 3.63) is 82.9 Å². The first-order chi connectivity index (χ1) is 17.9. The summed E-state index contributed by atoms with van der Waals surface area (Å²) in [6, 6.07) is 18.4. The highest BCUT2D eigenvalue weighted by molar-refractivity contribution is 6.02. The monoisotopic (exact) mass is 503 g/mol. The molecule has 0 unspecified atom stereocenters. The third-order valence-corrected chi connectivity index (χ3v) is 6.44. The molecule has 0 aliphatic carbocycles. The molecule has 1 heterocycles. The van der Waals surface area contributed by atoms with Crippen molar-refractivity contribution < 1.29 is 28.9 Å². The van der Waals surface area contributed by atoms with E-state index in [0.717, 1.165) is 45.7 Å². The first-order valence-corrected chi connectivity index (χ1v) is 12.6. The molecule has 0 saturated heterocycles. The third kappa shape index (κ3) is 6.49. The van der Waals surface area contributed by atoms with E-state index in [1.807, 2.05) is 75.4 Å². The van der Waals surface area contributed by atoms with Crippen molar-refractivity contribution >= 4 is 11.9 Å². The molecule has 7 nitrogen and oxygen atoms in total. The van der Waals surface area contributed by atoms with E-state index in [1.54, 1.807) is 6.07 Å². The number of rotatable bonds is 11. The Labute approximate surface area is 217 Å². The Bertz CT molecular complexity index is 1270. The number of carbonyl (C=O) groups excluding carboxylic acids is 1. The molecule has 37 heavy (non-hydrogen) atoms. The molecule has 194 valence electrons. The van der Waals surface area contributed by atoms with Crippen LogP contribution in [0.3, 0.4) is 0 Å². The SMILES string of the molecule is CCC[C@H](NC(=O)c1ccc(CO[C@H](C)Cc2ccc3c(c2)OCO3)cc1-c1ccccc1C)C(=O)O. The molecule has 0 saturated carbocycles. The van der Waals surface area contributed by atoms with Crippen LogP contribution in [-0.4, -0.2) is 35.9 Å². The second-order valence-corrected chi connectivity index (χ2v) is 9.36. The van der Waals surface area contributed by atoms with Crippen LogP contribution in [0.4, 0.5) is 0 Å². The molecule has 0 fully saturated rings. The van der Waals surface area contributed by atoms with E-state index in [2.05, 4.69) is 5.32 Å². The second kappa shape index (κ2) is 11.9. The third-order valence-electron chi connectivity index (χ3n) is 6.44. The largest absolute Gasteiger partial charge is 0.480 e. The minimum absolute atomic E-state index is 0.0457. The van der Waals surface area contributed by atoms with Crippen LogP contribution in [0.2, 0.25) is 0 Å². The number of aryl methyl sites for hydroxylation is 1. The number of carbonyl (C=O) groups is 2. The quantitative estimate of drug-likeness (QED) is 0.358. The molecule has 3 aromatic rings. The highest BCUT2D eigenvalue weighted by Gasteiger charge is 2.22. The number of hydrogen-bond acceptors (Lipinski definition) is 5. The number of carboxylic acid groups (broad SMARTS) is 1. The van der Waals surface area contributed by atoms with Gasteiger partial charge in [0.15, 0.2) is 11.5 Å². The molecule has 0 bridgehead atoms. The molecular formula is C30H33NO6. The van der Waals surface area contributed by atoms with E-state index < -0.39 is 17.9 Å². The topological polar surface area (TPSA) is 94.1 Å². The number of amides is 1. The van der Waals surface area contributed by atoms with E-state index in [1.165, 1.54) is 0 Å². The van der Waals surface area contributed by atoms with Crippen LogP contribution in [0, 0.1) is 6.92 Å². The summed E-state index contributed by atoms with van der Waals surface area (Å²) in [5, 5.41) is 12.2. The molecule has 4 rings (SSSR count). The highest BCUT2D eigenvalue weighted by Crippen LogP contribution is 2.33. The molecule has 0 aromatic heterocycles. The molecule has 2 N–H and O–H groups in total. The van der Waals surface area contributed by atoms with Gasteiger partial charge in [0.05, 0.1) is 12.7 Å². The number of nitrogens with one attached hydrogen (secondary N) is 1. The Morgan fingerprint density at radius 1 is 1.00 bits per heavy atom. The van der Waals surface area contributed by atoms with Crippen LogP contribution in [-0.2, 0) is 22.6 Å². The molecule has 7 heteroatoms. The molecule has 0 radical (unpaired) electrons. The minimum Gasteiger partial charge on any atom is -0.480 e. The van der Waals surface area contributed by atoms with Crippen molar-refractivity contribution in [2.45, 2.75) is 58.8 Å². The van der Waals surface area contributed by atoms with Crippen LogP contribution >= 0.6 is 0 Å². The lowest BCUT2D eigenvalue weighted by Crippen LogP contribution is -2.40. The Hall–Kier alpha value is -3.84. The number of hydrogen-bond donors (Lipinski definition) is 2. The summed E-state index contributed by atoms with van der Waals surface area (Å²) in [6.45, 7) is 6.53. The van der Waals surface area contributed by atoms with Crippen molar-refractivity contribution in [3.63, 3.8) is 0 Å². The molecular weight excluding hydrogens is 470 g/mol. The van der Waals surface area contributed by atoms with E-state index >= 15 is 0 Å². The van der Waals surface area contributed by atoms with E-state index in [-0.39, 0.29) is 12.9 Å². The van der Waals surface area contributed by atoms with Gasteiger partial charge in [-0.3, -0.25) is 4.79 Å². The van der Waals surface area contributed by atoms with Crippen molar-refractivity contribution in [3.8, 4) is 22.6 Å². The van der Waals surface area contributed by atoms with Gasteiger partial charge in [0.25, 0.3) is 5.91 Å². The average molecular weight is 504 g/mol. The maximum atomic E-state index is 13.2. The van der Waals surface area contributed by atoms with Crippen molar-refractivity contribution in [1.29, 1.82) is 0 Å². The number of benzene rings is 3. The summed E-state index contributed by atoms with van der Waals surface area (Å²) in [7, 11) is 0. The lowest BCUT2D eigenvalue weighted by atomic mass is 9.93. The molecule has 0 spiro atoms. The van der Waals surface area contributed by atoms with E-state index in [0.29, 0.717) is 25.0 Å². The van der Waals surface area contributed by atoms with E-state index in [4.69, 9.17) is 14.2 Å². The fourth-order valence-corrected chi connectivity index (χ4v) is 4.46. The maximum absolute atomic E-state index is 13.2. The van der Waals surface area contributed by atoms with Crippen LogP contribution in [0.1, 0.15) is 53.7 Å². The first-order valence-electron chi connectivity index (χ1n) is 12.6. The van der Waals surface area contributed by atoms with Crippen molar-refractivity contribution in [1.82, 2.24) is 5.32 Å². The van der Waals surface area contributed by atoms with Gasteiger partial charge in [-0.1, -0.05) is 49.7 Å². The summed E-state index contributed by atoms with van der Waals surface area (Å²) in [6.07, 6.45) is 1.70. The zero-order valence-electron chi connectivity index (χ0n) is 21.5. The molecule has 2 atom stereocenters. The number of fused-ring (bicyclic) bond motifs is 1. The average Bonchev–Trinajstić information content (AvgIpc) is 3.35. The van der Waals surface area contributed by atoms with Crippen LogP contribution in [0.5, 0.6) is 11.5 Å². The van der Waals surface area contributed by atoms with Crippen LogP contribution < -0.4 is 14.8 Å². The smallest absolute Gasteiger partial charge is 0.326 e. The lowest BCUT2D eigenvalue weighted by molar-refractivity contribution is -0.139. The lowest BCUT2D eigenvalue weighted by Gasteiger charge is -2.18. The second-order valence-electron chi connectivity index (χ2n) is 9.36. The zero-order chi connectivity index (χ0) is 26.4. The van der Waals surface area contributed by atoms with Gasteiger partial charge in [0.2, 0.25) is 6.79 Å². The molecule has 1 aliphatic heterocycles. The number of ether oxygens (including phenoxy) is 3. The summed E-state index contributed by atoms with van der Waals surface area (Å²) >= 11 is 0. The Morgan fingerprint density at radius 2 is 1.76 bits per heavy atom. The maximum Gasteiger partial charge on any atom is 0.326 e. The van der Waals surface area contributed by atoms with Gasteiger partial charge in [0.1, 0.15) is 6.04 Å². The zero-order valence-corrected chi connectivity index (χ0v) is 21.5. The van der Waals surface area contributed by atoms with Gasteiger partial charge >= 0.3 is 5.97 Å². The van der Waals surface area contributed by atoms with Gasteiger partial charge < -0.3 is 24.6 Å². The van der Waals surface area contributed by atoms with Gasteiger partial charge in [-0.05, 0) is 78.8 Å². The predicted molar refractivity (Wildman–Crippen MR) is 141 cm³/mol. The Morgan fingerprint density at radius 3 is 2.51 bits per heavy atom. The first kappa shape index (κ1) is 26.2. The summed E-state index contributed by atoms with van der Waals surface area (Å²) in [5.41, 5.74) is 5.16. The van der Waals surface area contributed by atoms with Gasteiger partial charge in [0, 0.05) is 5.56 Å². The summed E-state index contributed by atoms with van der Waals surface area (Å²) in [4.78, 5) is 24.8. The Balaban J connectivity index is 1.51. The van der Waals surface area contributed by atoms with Gasteiger partial charge in [-0.2, -0.15) is 0 Å². The fourth-order valence-electron chi connectivity index (χ4n) is 4.46. The van der Waals surface area contributed by atoms with Crippen LogP contribution in [0.15, 0.2) is 60.7 Å². The molecule has 3 aromatic carbocycles. The summed E-state index contributed by atoms with van der Waals surface area (Å²) in [5.74, 6) is 0.0805. The number of aliphatic carboxylic acids is 1. The summed E-state index contributed by atoms with van der Waals surface area (Å²) < 4.78 is 17.0. The highest BCUT2D eigenvalue weighted by atomic mass is 16.7. The van der Waals surface area contributed by atoms with Crippen LogP contribution in [0.25, 0.3) is 11.1 Å². The van der Waals surface area contributed by atoms with Gasteiger partial charge in [-0.15, -0.1) is 0 Å². The Kier molecular flexibility index (Phi) is 8.46. The normalized spacial score (nSPS) is 13.7. The number of carboxylic acids is 1. The van der Waals surface area contributed by atoms with Gasteiger partial charge in [-0.25, -0.2) is 4.79 Å². The van der Waals surface area contributed by atoms with Crippen molar-refractivity contribution in [2.24, 2.45) is 0 Å². The minimum atomic E-state index is -1.03.